The van der Waals surface area contributed by atoms with Gasteiger partial charge in [-0.2, -0.15) is 0 Å². The molecule has 9 N–H and O–H groups in total. The molecule has 646 valence electrons. The number of ketones is 1. The molecule has 111 heavy (non-hydrogen) atoms. The minimum absolute atomic E-state index is 0.00369. The van der Waals surface area contributed by atoms with E-state index in [1.807, 2.05) is 0 Å². The summed E-state index contributed by atoms with van der Waals surface area (Å²) in [5.41, 5.74) is -9.90. The maximum atomic E-state index is 15.1. The van der Waals surface area contributed by atoms with Gasteiger partial charge in [0.05, 0.1) is 127 Å². The van der Waals surface area contributed by atoms with E-state index in [0.29, 0.717) is 0 Å². The Balaban J connectivity index is 1.36. The fourth-order valence-electron chi connectivity index (χ4n) is 17.9. The van der Waals surface area contributed by atoms with E-state index in [9.17, 15) is 60.3 Å². The smallest absolute Gasteiger partial charge is 0.311 e. The molecule has 6 heterocycles. The zero-order valence-electron chi connectivity index (χ0n) is 70.8. The first kappa shape index (κ1) is 96.5. The van der Waals surface area contributed by atoms with E-state index in [0.717, 1.165) is 0 Å². The Morgan fingerprint density at radius 3 is 1.41 bits per heavy atom. The molecule has 0 aromatic heterocycles. The Kier molecular flexibility index (Phi) is 34.7. The van der Waals surface area contributed by atoms with Crippen molar-refractivity contribution in [1.82, 2.24) is 9.80 Å². The molecule has 6 saturated heterocycles. The molecule has 0 aromatic rings. The van der Waals surface area contributed by atoms with Crippen LogP contribution in [0, 0.1) is 47.3 Å². The number of ether oxygens (including phenoxy) is 15. The lowest BCUT2D eigenvalue weighted by Gasteiger charge is -2.50. The van der Waals surface area contributed by atoms with Crippen LogP contribution in [0.4, 0.5) is 0 Å². The highest BCUT2D eigenvalue weighted by Gasteiger charge is 2.58. The maximum absolute atomic E-state index is 15.1. The Morgan fingerprint density at radius 2 is 0.955 bits per heavy atom. The number of Topliss-reactive ketones (excluding diaryl/α,β-unsaturated/α-hetero) is 1. The fourth-order valence-corrected chi connectivity index (χ4v) is 17.9. The van der Waals surface area contributed by atoms with Gasteiger partial charge in [0.25, 0.3) is 0 Å². The predicted molar refractivity (Wildman–Crippen MR) is 402 cm³/mol. The normalized spacial score (nSPS) is 47.1. The van der Waals surface area contributed by atoms with Gasteiger partial charge >= 0.3 is 11.9 Å². The molecule has 6 aliphatic rings. The van der Waals surface area contributed by atoms with Gasteiger partial charge in [0.2, 0.25) is 12.7 Å². The third-order valence-corrected chi connectivity index (χ3v) is 25.4. The van der Waals surface area contributed by atoms with Crippen molar-refractivity contribution in [3.05, 3.63) is 0 Å². The minimum Gasteiger partial charge on any atom is -0.459 e. The van der Waals surface area contributed by atoms with Gasteiger partial charge in [-0.3, -0.25) is 24.1 Å². The van der Waals surface area contributed by atoms with Crippen LogP contribution in [-0.2, 0) is 95.1 Å². The summed E-state index contributed by atoms with van der Waals surface area (Å²) in [7, 11) is 9.02. The first-order valence-electron chi connectivity index (χ1n) is 39.8. The van der Waals surface area contributed by atoms with E-state index in [4.69, 9.17) is 75.9 Å². The van der Waals surface area contributed by atoms with Crippen LogP contribution in [0.15, 0.2) is 5.16 Å². The van der Waals surface area contributed by atoms with E-state index < -0.39 is 239 Å². The number of amides is 1. The number of methoxy groups -OCH3 is 4. The summed E-state index contributed by atoms with van der Waals surface area (Å²) in [6, 6.07) is -1.89. The summed E-state index contributed by atoms with van der Waals surface area (Å²) in [5, 5.41) is 114. The number of nitrogens with zero attached hydrogens (tertiary/aromatic N) is 3. The number of aliphatic hydroxyl groups is 9. The van der Waals surface area contributed by atoms with Crippen molar-refractivity contribution < 1.29 is 141 Å². The molecule has 6 rings (SSSR count). The standard InChI is InChI=1S/C79H141N3O29/c1-27-53-78(19,94)64(87)43(7)58(80-101-38-100-30-29-96-23)39(3)33-74(15,93)68(45(9)62(47(11)70(91)106-53)108-56-35-75(16,97-24)66(89)49(13)104-56)110-72-60(85)51(31-41(5)102-72)81(21)37-55(83)82(22)52-32-42(6)103-73(61(52)86)111-69-46(10)63(109-57-36-76(17,98-25)67(90)50(14)105-57)48(12)71(92)107-54(28-2)79(20,95)65(88)44(8)59(84)40(4)34-77(69,18)99-26/h39-54,56-57,60-69,72-73,85-90,93-95H,27-38H2,1-26H3/b80-58-/t39-,40-,41-,42-,43+,44+,45+,46+,47-,48-,49+,50+,51+,52+,53-,54-,56+,57+,60-,61-,62+,63+,64-,65-,66+,67+,68-,69-,72+,73+,74-,75-,76-,77-,78-,79-/m1/s1. The minimum atomic E-state index is -2.10. The number of rotatable bonds is 23. The summed E-state index contributed by atoms with van der Waals surface area (Å²) in [6.07, 6.45) is -24.8. The summed E-state index contributed by atoms with van der Waals surface area (Å²) in [4.78, 5) is 68.1. The highest BCUT2D eigenvalue weighted by molar-refractivity contribution is 5.89. The van der Waals surface area contributed by atoms with Crippen molar-refractivity contribution in [2.45, 2.75) is 358 Å². The van der Waals surface area contributed by atoms with Gasteiger partial charge in [-0.1, -0.05) is 60.5 Å². The number of hydrogen-bond donors (Lipinski definition) is 9. The lowest BCUT2D eigenvalue weighted by atomic mass is 9.73. The molecule has 36 atom stereocenters. The van der Waals surface area contributed by atoms with Crippen molar-refractivity contribution >= 4 is 29.3 Å². The molecule has 0 aromatic carbocycles. The molecule has 0 saturated carbocycles. The molecule has 0 spiro atoms. The Hall–Kier alpha value is -3.37. The second-order valence-electron chi connectivity index (χ2n) is 34.4. The molecule has 0 bridgehead atoms. The number of aliphatic hydroxyl groups excluding tert-OH is 6. The maximum Gasteiger partial charge on any atom is 0.311 e. The zero-order chi connectivity index (χ0) is 83.9. The highest BCUT2D eigenvalue weighted by atomic mass is 16.8. The molecule has 6 aliphatic heterocycles. The lowest BCUT2D eigenvalue weighted by molar-refractivity contribution is -0.319. The predicted octanol–water partition coefficient (Wildman–Crippen LogP) is 3.93. The summed E-state index contributed by atoms with van der Waals surface area (Å²) >= 11 is 0. The molecule has 1 amide bonds. The topological polar surface area (TPSA) is 417 Å². The van der Waals surface area contributed by atoms with Gasteiger partial charge in [-0.15, -0.1) is 0 Å². The SMILES string of the molecule is CC[C@H]1OC(=O)[C@H](C)[C@@H](O[C@H]2C[C@@](C)(OC)[C@@H](O)[C@H](C)O2)[C@H](C)[C@@H](O[C@@H]2O[C@H](C)C[C@H](N(C)C(=O)CN(C)[C@H]3C[C@@H](C)O[C@@H](O[C@@H]4[C@@H](C)[C@H](O[C@H]5C[C@@](C)(OC)[C@@H](O)[C@H](C)O5)[C@@H](C)C(=O)O[C@H](CC)[C@@](C)(O)[C@H](O)[C@@H](C)/C(=N\OCOCCOC)[C@H](C)C[C@@]4(C)O)[C@@H]3O)[C@H]2O)[C@](C)(OC)C[C@@H](C)C(=O)[C@H](C)[C@@H](O)[C@]1(C)O. The average molecular weight is 1600 g/mol. The van der Waals surface area contributed by atoms with Crippen LogP contribution in [0.3, 0.4) is 0 Å². The van der Waals surface area contributed by atoms with Gasteiger partial charge in [0, 0.05) is 89.9 Å². The van der Waals surface area contributed by atoms with E-state index in [1.54, 1.807) is 123 Å². The molecule has 6 fully saturated rings. The van der Waals surface area contributed by atoms with Gasteiger partial charge in [-0.05, 0) is 129 Å². The van der Waals surface area contributed by atoms with Crippen LogP contribution in [0.2, 0.25) is 0 Å². The quantitative estimate of drug-likeness (QED) is 0.0303. The van der Waals surface area contributed by atoms with E-state index in [1.165, 1.54) is 68.1 Å². The number of hydrogen-bond acceptors (Lipinski definition) is 31. The van der Waals surface area contributed by atoms with Crippen LogP contribution < -0.4 is 0 Å². The lowest BCUT2D eigenvalue weighted by Crippen LogP contribution is -2.63. The average Bonchev–Trinajstić information content (AvgIpc) is 0.772. The summed E-state index contributed by atoms with van der Waals surface area (Å²) < 4.78 is 94.6. The number of carbonyl (C=O) groups excluding carboxylic acids is 4. The molecule has 0 aliphatic carbocycles. The summed E-state index contributed by atoms with van der Waals surface area (Å²) in [5.74, 6) is -11.0. The van der Waals surface area contributed by atoms with Crippen LogP contribution in [0.5, 0.6) is 0 Å². The van der Waals surface area contributed by atoms with Gasteiger partial charge in [-0.25, -0.2) is 0 Å². The van der Waals surface area contributed by atoms with Crippen LogP contribution in [0.1, 0.15) is 190 Å². The third-order valence-electron chi connectivity index (χ3n) is 25.4. The molecule has 0 radical (unpaired) electrons. The zero-order valence-corrected chi connectivity index (χ0v) is 70.8. The van der Waals surface area contributed by atoms with Crippen molar-refractivity contribution in [2.75, 3.05) is 69.1 Å². The Morgan fingerprint density at radius 1 is 0.523 bits per heavy atom. The van der Waals surface area contributed by atoms with Crippen molar-refractivity contribution in [3.63, 3.8) is 0 Å². The third kappa shape index (κ3) is 22.1. The largest absolute Gasteiger partial charge is 0.459 e. The van der Waals surface area contributed by atoms with Gasteiger partial charge in [0.1, 0.15) is 53.6 Å². The molecular weight excluding hydrogens is 1450 g/mol. The van der Waals surface area contributed by atoms with Crippen molar-refractivity contribution in [2.24, 2.45) is 52.5 Å². The van der Waals surface area contributed by atoms with Crippen LogP contribution in [0.25, 0.3) is 0 Å². The molecule has 32 heteroatoms. The first-order chi connectivity index (χ1) is 51.5. The number of carbonyl (C=O) groups is 4. The van der Waals surface area contributed by atoms with E-state index >= 15 is 4.79 Å². The molecular formula is C79H141N3O29. The molecule has 32 nitrogen and oxygen atoms in total. The van der Waals surface area contributed by atoms with Crippen molar-refractivity contribution in [1.29, 1.82) is 0 Å². The highest BCUT2D eigenvalue weighted by Crippen LogP contribution is 2.45. The van der Waals surface area contributed by atoms with Gasteiger partial charge < -0.3 is 127 Å². The van der Waals surface area contributed by atoms with Crippen molar-refractivity contribution in [3.8, 4) is 0 Å². The van der Waals surface area contributed by atoms with E-state index in [2.05, 4.69) is 5.16 Å². The monoisotopic (exact) mass is 1600 g/mol. The second-order valence-corrected chi connectivity index (χ2v) is 34.4. The second kappa shape index (κ2) is 39.9. The molecule has 0 unspecified atom stereocenters. The first-order valence-corrected chi connectivity index (χ1v) is 39.8. The number of cyclic esters (lactones) is 2. The fraction of sp³-hybridized carbons (Fsp3) is 0.937. The van der Waals surface area contributed by atoms with Crippen LogP contribution >= 0.6 is 0 Å². The number of esters is 2. The van der Waals surface area contributed by atoms with Gasteiger partial charge in [0.15, 0.2) is 25.2 Å². The van der Waals surface area contributed by atoms with Crippen LogP contribution in [-0.4, -0.2) is 323 Å². The Bertz CT molecular complexity index is 2990. The Labute approximate surface area is 657 Å². The number of likely N-dealkylation sites (N-methyl/N-ethyl adjacent to an activating group) is 2. The number of oxime groups is 1. The van der Waals surface area contributed by atoms with E-state index in [-0.39, 0.29) is 83.6 Å². The summed E-state index contributed by atoms with van der Waals surface area (Å²) in [6.45, 7) is 32.4.